The molecule has 0 bridgehead atoms. The number of rotatable bonds is 6. The average molecular weight is 350 g/mol. The summed E-state index contributed by atoms with van der Waals surface area (Å²) >= 11 is 7.62. The maximum Gasteiger partial charge on any atom is 0.234 e. The van der Waals surface area contributed by atoms with Gasteiger partial charge in [-0.2, -0.15) is 0 Å². The Morgan fingerprint density at radius 2 is 2.04 bits per heavy atom. The molecule has 0 aliphatic heterocycles. The molecule has 23 heavy (non-hydrogen) atoms. The molecular formula is C18H20ClNO2S. The Labute approximate surface area is 146 Å². The van der Waals surface area contributed by atoms with E-state index in [2.05, 4.69) is 11.4 Å². The van der Waals surface area contributed by atoms with Gasteiger partial charge in [0, 0.05) is 22.0 Å². The van der Waals surface area contributed by atoms with E-state index in [0.717, 1.165) is 28.3 Å². The van der Waals surface area contributed by atoms with Gasteiger partial charge in [-0.3, -0.25) is 4.79 Å². The lowest BCUT2D eigenvalue weighted by Crippen LogP contribution is -2.15. The summed E-state index contributed by atoms with van der Waals surface area (Å²) in [6.45, 7) is 3.94. The number of anilines is 1. The fourth-order valence-corrected chi connectivity index (χ4v) is 3.18. The fraction of sp³-hybridized carbons (Fsp3) is 0.278. The summed E-state index contributed by atoms with van der Waals surface area (Å²) in [4.78, 5) is 12.1. The topological polar surface area (TPSA) is 38.3 Å². The third-order valence-corrected chi connectivity index (χ3v) is 4.86. The van der Waals surface area contributed by atoms with Crippen LogP contribution in [-0.4, -0.2) is 18.8 Å². The molecule has 3 nitrogen and oxygen atoms in total. The predicted octanol–water partition coefficient (Wildman–Crippen LogP) is 4.84. The Morgan fingerprint density at radius 1 is 1.26 bits per heavy atom. The molecule has 2 rings (SSSR count). The number of thioether (sulfide) groups is 1. The van der Waals surface area contributed by atoms with Gasteiger partial charge in [-0.05, 0) is 37.6 Å². The summed E-state index contributed by atoms with van der Waals surface area (Å²) in [6.07, 6.45) is 0. The van der Waals surface area contributed by atoms with Gasteiger partial charge in [0.2, 0.25) is 5.91 Å². The minimum Gasteiger partial charge on any atom is -0.496 e. The van der Waals surface area contributed by atoms with Crippen LogP contribution in [0.2, 0.25) is 5.02 Å². The highest BCUT2D eigenvalue weighted by Crippen LogP contribution is 2.25. The molecule has 0 radical (unpaired) electrons. The van der Waals surface area contributed by atoms with Gasteiger partial charge in [0.1, 0.15) is 5.75 Å². The highest BCUT2D eigenvalue weighted by atomic mass is 35.5. The molecule has 0 fully saturated rings. The number of hydrogen-bond acceptors (Lipinski definition) is 3. The number of aryl methyl sites for hydroxylation is 1. The van der Waals surface area contributed by atoms with Crippen LogP contribution in [0.3, 0.4) is 0 Å². The molecule has 0 saturated heterocycles. The van der Waals surface area contributed by atoms with Gasteiger partial charge in [-0.25, -0.2) is 0 Å². The Bertz CT molecular complexity index is 703. The number of hydrogen-bond donors (Lipinski definition) is 1. The largest absolute Gasteiger partial charge is 0.496 e. The van der Waals surface area contributed by atoms with Gasteiger partial charge in [0.25, 0.3) is 0 Å². The van der Waals surface area contributed by atoms with Crippen LogP contribution in [0.15, 0.2) is 36.4 Å². The van der Waals surface area contributed by atoms with E-state index in [1.165, 1.54) is 5.56 Å². The minimum atomic E-state index is -0.0352. The van der Waals surface area contributed by atoms with Crippen molar-refractivity contribution >= 4 is 35.0 Å². The summed E-state index contributed by atoms with van der Waals surface area (Å²) in [7, 11) is 1.66. The molecule has 0 aliphatic carbocycles. The van der Waals surface area contributed by atoms with Crippen LogP contribution < -0.4 is 10.1 Å². The van der Waals surface area contributed by atoms with E-state index in [-0.39, 0.29) is 5.91 Å². The lowest BCUT2D eigenvalue weighted by Gasteiger charge is -2.11. The normalized spacial score (nSPS) is 10.4. The zero-order valence-corrected chi connectivity index (χ0v) is 15.1. The fourth-order valence-electron chi connectivity index (χ4n) is 2.20. The highest BCUT2D eigenvalue weighted by molar-refractivity contribution is 7.99. The van der Waals surface area contributed by atoms with E-state index in [0.29, 0.717) is 10.8 Å². The van der Waals surface area contributed by atoms with Crippen LogP contribution in [-0.2, 0) is 10.5 Å². The lowest BCUT2D eigenvalue weighted by molar-refractivity contribution is -0.113. The third-order valence-electron chi connectivity index (χ3n) is 3.47. The molecule has 0 saturated carbocycles. The molecule has 0 heterocycles. The van der Waals surface area contributed by atoms with Gasteiger partial charge in [-0.15, -0.1) is 11.8 Å². The predicted molar refractivity (Wildman–Crippen MR) is 98.7 cm³/mol. The molecule has 0 aliphatic rings. The van der Waals surface area contributed by atoms with E-state index in [4.69, 9.17) is 16.3 Å². The van der Waals surface area contributed by atoms with Crippen molar-refractivity contribution < 1.29 is 9.53 Å². The molecule has 2 aromatic rings. The molecule has 0 spiro atoms. The first-order valence-electron chi connectivity index (χ1n) is 7.27. The van der Waals surface area contributed by atoms with Crippen LogP contribution >= 0.6 is 23.4 Å². The van der Waals surface area contributed by atoms with E-state index in [1.54, 1.807) is 18.9 Å². The maximum atomic E-state index is 12.1. The van der Waals surface area contributed by atoms with Crippen molar-refractivity contribution in [1.29, 1.82) is 0 Å². The number of benzene rings is 2. The maximum absolute atomic E-state index is 12.1. The zero-order chi connectivity index (χ0) is 16.8. The van der Waals surface area contributed by atoms with Gasteiger partial charge in [-0.1, -0.05) is 35.4 Å². The third kappa shape index (κ3) is 4.91. The second-order valence-electron chi connectivity index (χ2n) is 5.27. The van der Waals surface area contributed by atoms with Crippen LogP contribution in [0.4, 0.5) is 5.69 Å². The van der Waals surface area contributed by atoms with E-state index >= 15 is 0 Å². The van der Waals surface area contributed by atoms with E-state index in [9.17, 15) is 4.79 Å². The first-order valence-corrected chi connectivity index (χ1v) is 8.80. The number of nitrogens with one attached hydrogen (secondary N) is 1. The quantitative estimate of drug-likeness (QED) is 0.811. The Morgan fingerprint density at radius 3 is 2.78 bits per heavy atom. The molecule has 1 N–H and O–H groups in total. The van der Waals surface area contributed by atoms with Crippen molar-refractivity contribution in [3.63, 3.8) is 0 Å². The Kier molecular flexibility index (Phi) is 6.37. The van der Waals surface area contributed by atoms with Gasteiger partial charge in [0.05, 0.1) is 12.9 Å². The van der Waals surface area contributed by atoms with Crippen LogP contribution in [0, 0.1) is 13.8 Å². The summed E-state index contributed by atoms with van der Waals surface area (Å²) in [5, 5.41) is 3.55. The number of halogens is 1. The second kappa shape index (κ2) is 8.27. The molecular weight excluding hydrogens is 330 g/mol. The molecule has 0 atom stereocenters. The van der Waals surface area contributed by atoms with Crippen molar-refractivity contribution in [3.05, 3.63) is 58.1 Å². The van der Waals surface area contributed by atoms with Crippen LogP contribution in [0.1, 0.15) is 16.7 Å². The van der Waals surface area contributed by atoms with E-state index in [1.807, 2.05) is 44.2 Å². The standard InChI is InChI=1S/C18H20ClNO2S/c1-12-7-8-17(22-3)14(9-12)10-23-11-18(21)20-16-6-4-5-15(19)13(16)2/h4-9H,10-11H2,1-3H3,(H,20,21). The van der Waals surface area contributed by atoms with Crippen LogP contribution in [0.25, 0.3) is 0 Å². The number of carbonyl (C=O) groups excluding carboxylic acids is 1. The summed E-state index contributed by atoms with van der Waals surface area (Å²) in [5.41, 5.74) is 3.92. The Hall–Kier alpha value is -1.65. The number of amides is 1. The molecule has 1 amide bonds. The number of methoxy groups -OCH3 is 1. The summed E-state index contributed by atoms with van der Waals surface area (Å²) < 4.78 is 5.35. The summed E-state index contributed by atoms with van der Waals surface area (Å²) in [6, 6.07) is 11.6. The highest BCUT2D eigenvalue weighted by Gasteiger charge is 2.08. The summed E-state index contributed by atoms with van der Waals surface area (Å²) in [5.74, 6) is 1.93. The number of ether oxygens (including phenoxy) is 1. The molecule has 2 aromatic carbocycles. The molecule has 122 valence electrons. The van der Waals surface area contributed by atoms with Gasteiger partial charge >= 0.3 is 0 Å². The van der Waals surface area contributed by atoms with Crippen molar-refractivity contribution in [2.75, 3.05) is 18.2 Å². The van der Waals surface area contributed by atoms with E-state index < -0.39 is 0 Å². The average Bonchev–Trinajstić information content (AvgIpc) is 2.52. The van der Waals surface area contributed by atoms with Crippen molar-refractivity contribution in [2.24, 2.45) is 0 Å². The van der Waals surface area contributed by atoms with Gasteiger partial charge < -0.3 is 10.1 Å². The van der Waals surface area contributed by atoms with Crippen molar-refractivity contribution in [2.45, 2.75) is 19.6 Å². The monoisotopic (exact) mass is 349 g/mol. The second-order valence-corrected chi connectivity index (χ2v) is 6.66. The zero-order valence-electron chi connectivity index (χ0n) is 13.5. The lowest BCUT2D eigenvalue weighted by atomic mass is 10.1. The van der Waals surface area contributed by atoms with Gasteiger partial charge in [0.15, 0.2) is 0 Å². The number of carbonyl (C=O) groups is 1. The van der Waals surface area contributed by atoms with Crippen molar-refractivity contribution in [1.82, 2.24) is 0 Å². The van der Waals surface area contributed by atoms with Crippen LogP contribution in [0.5, 0.6) is 5.75 Å². The first kappa shape index (κ1) is 17.7. The molecule has 0 unspecified atom stereocenters. The SMILES string of the molecule is COc1ccc(C)cc1CSCC(=O)Nc1cccc(Cl)c1C. The smallest absolute Gasteiger partial charge is 0.234 e. The van der Waals surface area contributed by atoms with Crippen molar-refractivity contribution in [3.8, 4) is 5.75 Å². The molecule has 5 heteroatoms. The Balaban J connectivity index is 1.90. The minimum absolute atomic E-state index is 0.0352. The first-order chi connectivity index (χ1) is 11.0. The molecule has 0 aromatic heterocycles.